The minimum Gasteiger partial charge on any atom is -0.313 e. The van der Waals surface area contributed by atoms with E-state index < -0.39 is 0 Å². The molecule has 10 aromatic carbocycles. The van der Waals surface area contributed by atoms with E-state index >= 15 is 0 Å². The quantitative estimate of drug-likeness (QED) is 0.164. The molecule has 12 aromatic rings. The van der Waals surface area contributed by atoms with E-state index in [1.807, 2.05) is 0 Å². The molecule has 12 rings (SSSR count). The van der Waals surface area contributed by atoms with Gasteiger partial charge < -0.3 is 9.13 Å². The normalized spacial score (nSPS) is 12.4. The van der Waals surface area contributed by atoms with Crippen molar-refractivity contribution >= 4 is 86.4 Å². The molecule has 0 N–H and O–H groups in total. The first-order valence-electron chi connectivity index (χ1n) is 19.0. The predicted octanol–water partition coefficient (Wildman–Crippen LogP) is 14.3. The molecule has 0 saturated carbocycles. The minimum absolute atomic E-state index is 1.19. The number of nitrogens with zero attached hydrogens (tertiary/aromatic N) is 2. The molecule has 0 radical (unpaired) electrons. The van der Waals surface area contributed by atoms with Gasteiger partial charge in [-0.3, -0.25) is 0 Å². The summed E-state index contributed by atoms with van der Waals surface area (Å²) in [7, 11) is 0. The number of fused-ring (bicyclic) bond motifs is 4. The summed E-state index contributed by atoms with van der Waals surface area (Å²) >= 11 is 0. The molecule has 0 amide bonds. The van der Waals surface area contributed by atoms with Crippen molar-refractivity contribution in [3.63, 3.8) is 0 Å². The number of aryl methyl sites for hydroxylation is 2. The molecule has 0 atom stereocenters. The molecule has 0 spiro atoms. The lowest BCUT2D eigenvalue weighted by Gasteiger charge is -2.15. The maximum atomic E-state index is 2.47. The average Bonchev–Trinajstić information content (AvgIpc) is 3.62. The van der Waals surface area contributed by atoms with Gasteiger partial charge in [-0.25, -0.2) is 0 Å². The molecule has 0 aliphatic rings. The van der Waals surface area contributed by atoms with Crippen LogP contribution in [0.4, 0.5) is 0 Å². The summed E-state index contributed by atoms with van der Waals surface area (Å²) in [6, 6.07) is 54.8. The van der Waals surface area contributed by atoms with E-state index in [1.165, 1.54) is 131 Å². The lowest BCUT2D eigenvalue weighted by molar-refractivity contribution is 1.04. The number of rotatable bonds is 3. The van der Waals surface area contributed by atoms with E-state index in [4.69, 9.17) is 0 Å². The largest absolute Gasteiger partial charge is 0.313 e. The topological polar surface area (TPSA) is 9.86 Å². The third-order valence-electron chi connectivity index (χ3n) is 12.8. The zero-order chi connectivity index (χ0) is 36.0. The molecule has 2 aromatic heterocycles. The molecule has 254 valence electrons. The first-order chi connectivity index (χ1) is 26.4. The first kappa shape index (κ1) is 29.9. The summed E-state index contributed by atoms with van der Waals surface area (Å²) < 4.78 is 4.95. The number of benzene rings is 10. The molecule has 0 aliphatic heterocycles. The van der Waals surface area contributed by atoms with Crippen LogP contribution in [-0.4, -0.2) is 9.13 Å². The second-order valence-electron chi connectivity index (χ2n) is 15.4. The molecule has 2 heteroatoms. The van der Waals surface area contributed by atoms with Crippen molar-refractivity contribution in [3.05, 3.63) is 168 Å². The molecule has 0 fully saturated rings. The summed E-state index contributed by atoms with van der Waals surface area (Å²) in [5.41, 5.74) is 12.6. The van der Waals surface area contributed by atoms with Gasteiger partial charge in [-0.15, -0.1) is 0 Å². The Kier molecular flexibility index (Phi) is 5.81. The van der Waals surface area contributed by atoms with Crippen molar-refractivity contribution in [2.24, 2.45) is 0 Å². The minimum atomic E-state index is 1.19. The number of hydrogen-bond donors (Lipinski definition) is 0. The highest BCUT2D eigenvalue weighted by Crippen LogP contribution is 2.44. The Morgan fingerprint density at radius 3 is 1.06 bits per heavy atom. The average molecular weight is 689 g/mol. The van der Waals surface area contributed by atoms with Gasteiger partial charge in [-0.05, 0) is 140 Å². The molecule has 0 bridgehead atoms. The fourth-order valence-electron chi connectivity index (χ4n) is 9.96. The van der Waals surface area contributed by atoms with Crippen LogP contribution in [0.3, 0.4) is 0 Å². The van der Waals surface area contributed by atoms with E-state index in [0.717, 1.165) is 0 Å². The Balaban J connectivity index is 0.973. The van der Waals surface area contributed by atoms with E-state index in [-0.39, 0.29) is 0 Å². The summed E-state index contributed by atoms with van der Waals surface area (Å²) in [4.78, 5) is 0. The number of aromatic nitrogens is 2. The fourth-order valence-corrected chi connectivity index (χ4v) is 9.96. The standard InChI is InChI=1S/C52H36N2/c1-29-31(3)53(51-43-25-19-37-9-5-7-35-11-13-39(27-45(29)51)49(43)47(35)37)41-21-15-33(16-22-41)34-17-23-42(24-18-34)54-32(4)30(2)46-28-40-14-12-36-8-6-10-38-20-26-44(52(46)54)50(40)48(36)38/h5-28H,1-4H3. The second-order valence-corrected chi connectivity index (χ2v) is 15.4. The van der Waals surface area contributed by atoms with Gasteiger partial charge in [0.1, 0.15) is 0 Å². The third kappa shape index (κ3) is 3.80. The fraction of sp³-hybridized carbons (Fsp3) is 0.0769. The van der Waals surface area contributed by atoms with Crippen LogP contribution >= 0.6 is 0 Å². The lowest BCUT2D eigenvalue weighted by Crippen LogP contribution is -1.98. The van der Waals surface area contributed by atoms with E-state index in [2.05, 4.69) is 182 Å². The van der Waals surface area contributed by atoms with Crippen molar-refractivity contribution < 1.29 is 0 Å². The molecule has 0 unspecified atom stereocenters. The Morgan fingerprint density at radius 1 is 0.315 bits per heavy atom. The summed E-state index contributed by atoms with van der Waals surface area (Å²) in [5.74, 6) is 0. The monoisotopic (exact) mass is 688 g/mol. The van der Waals surface area contributed by atoms with E-state index in [0.29, 0.717) is 0 Å². The van der Waals surface area contributed by atoms with Gasteiger partial charge in [0.2, 0.25) is 0 Å². The van der Waals surface area contributed by atoms with Gasteiger partial charge in [-0.1, -0.05) is 109 Å². The third-order valence-corrected chi connectivity index (χ3v) is 12.8. The lowest BCUT2D eigenvalue weighted by atomic mass is 9.92. The van der Waals surface area contributed by atoms with E-state index in [1.54, 1.807) is 0 Å². The zero-order valence-electron chi connectivity index (χ0n) is 30.8. The summed E-state index contributed by atoms with van der Waals surface area (Å²) in [6.45, 7) is 9.06. The molecule has 2 heterocycles. The van der Waals surface area contributed by atoms with Gasteiger partial charge in [-0.2, -0.15) is 0 Å². The maximum absolute atomic E-state index is 2.47. The van der Waals surface area contributed by atoms with Crippen LogP contribution in [0.5, 0.6) is 0 Å². The van der Waals surface area contributed by atoms with Crippen molar-refractivity contribution in [3.8, 4) is 22.5 Å². The van der Waals surface area contributed by atoms with Gasteiger partial charge >= 0.3 is 0 Å². The summed E-state index contributed by atoms with van der Waals surface area (Å²) in [6.07, 6.45) is 0. The zero-order valence-corrected chi connectivity index (χ0v) is 30.8. The highest BCUT2D eigenvalue weighted by atomic mass is 15.0. The van der Waals surface area contributed by atoms with Crippen LogP contribution in [0, 0.1) is 27.7 Å². The molecule has 0 aliphatic carbocycles. The van der Waals surface area contributed by atoms with Crippen molar-refractivity contribution in [2.45, 2.75) is 27.7 Å². The first-order valence-corrected chi connectivity index (χ1v) is 19.0. The molecular formula is C52H36N2. The Labute approximate surface area is 312 Å². The van der Waals surface area contributed by atoms with Gasteiger partial charge in [0.15, 0.2) is 0 Å². The van der Waals surface area contributed by atoms with Gasteiger partial charge in [0.25, 0.3) is 0 Å². The van der Waals surface area contributed by atoms with Crippen molar-refractivity contribution in [2.75, 3.05) is 0 Å². The second kappa shape index (κ2) is 10.5. The molecule has 0 saturated heterocycles. The maximum Gasteiger partial charge on any atom is 0.0613 e. The van der Waals surface area contributed by atoms with Crippen LogP contribution < -0.4 is 0 Å². The molecular weight excluding hydrogens is 653 g/mol. The van der Waals surface area contributed by atoms with Gasteiger partial charge in [0.05, 0.1) is 11.0 Å². The number of hydrogen-bond acceptors (Lipinski definition) is 0. The van der Waals surface area contributed by atoms with Gasteiger partial charge in [0, 0.05) is 44.3 Å². The Morgan fingerprint density at radius 2 is 0.667 bits per heavy atom. The van der Waals surface area contributed by atoms with Crippen LogP contribution in [-0.2, 0) is 0 Å². The molecule has 54 heavy (non-hydrogen) atoms. The van der Waals surface area contributed by atoms with Crippen LogP contribution in [0.1, 0.15) is 22.5 Å². The Hall–Kier alpha value is -6.64. The van der Waals surface area contributed by atoms with Crippen LogP contribution in [0.2, 0.25) is 0 Å². The van der Waals surface area contributed by atoms with Crippen molar-refractivity contribution in [1.29, 1.82) is 0 Å². The molecule has 2 nitrogen and oxygen atoms in total. The van der Waals surface area contributed by atoms with E-state index in [9.17, 15) is 0 Å². The smallest absolute Gasteiger partial charge is 0.0613 e. The van der Waals surface area contributed by atoms with Crippen molar-refractivity contribution in [1.82, 2.24) is 9.13 Å². The summed E-state index contributed by atoms with van der Waals surface area (Å²) in [5, 5.41) is 18.6. The highest BCUT2D eigenvalue weighted by Gasteiger charge is 2.21. The predicted molar refractivity (Wildman–Crippen MR) is 232 cm³/mol. The van der Waals surface area contributed by atoms with Crippen LogP contribution in [0.15, 0.2) is 146 Å². The van der Waals surface area contributed by atoms with Crippen LogP contribution in [0.25, 0.3) is 109 Å². The Bertz CT molecular complexity index is 3230. The highest BCUT2D eigenvalue weighted by molar-refractivity contribution is 6.30. The SMILES string of the molecule is Cc1c(C)n(-c2ccc(-c3ccc(-n4c(C)c(C)c5cc6ccc7cccc8ccc(c6c78)c54)cc3)cc2)c2c1cc1ccc3cccc4ccc2c1c34.